The number of hydrogen-bond donors (Lipinski definition) is 0. The predicted octanol–water partition coefficient (Wildman–Crippen LogP) is 7.61. The number of allylic oxidation sites excluding steroid dienone is 1. The highest BCUT2D eigenvalue weighted by Crippen LogP contribution is 2.29. The fourth-order valence-corrected chi connectivity index (χ4v) is 4.68. The fourth-order valence-electron chi connectivity index (χ4n) is 3.72. The number of carbonyl (C=O) groups is 1. The van der Waals surface area contributed by atoms with Gasteiger partial charge in [-0.25, -0.2) is 0 Å². The molecule has 0 atom stereocenters. The van der Waals surface area contributed by atoms with E-state index in [0.29, 0.717) is 19.8 Å². The van der Waals surface area contributed by atoms with Crippen molar-refractivity contribution in [3.05, 3.63) is 117 Å². The molecule has 4 rings (SSSR count). The maximum absolute atomic E-state index is 12.7. The molecule has 0 aliphatic rings. The zero-order valence-electron chi connectivity index (χ0n) is 20.6. The van der Waals surface area contributed by atoms with E-state index in [1.807, 2.05) is 92.7 Å². The van der Waals surface area contributed by atoms with Crippen LogP contribution >= 0.6 is 11.3 Å². The topological polar surface area (TPSA) is 44.8 Å². The van der Waals surface area contributed by atoms with Crippen LogP contribution in [-0.2, 0) is 13.0 Å². The summed E-state index contributed by atoms with van der Waals surface area (Å²) in [5.74, 6) is 2.19. The van der Waals surface area contributed by atoms with E-state index in [4.69, 9.17) is 14.2 Å². The average molecular weight is 499 g/mol. The third-order valence-corrected chi connectivity index (χ3v) is 6.52. The van der Waals surface area contributed by atoms with Gasteiger partial charge in [0.2, 0.25) is 0 Å². The second kappa shape index (κ2) is 12.8. The first-order valence-corrected chi connectivity index (χ1v) is 12.9. The van der Waals surface area contributed by atoms with Crippen LogP contribution in [-0.4, -0.2) is 19.0 Å². The van der Waals surface area contributed by atoms with Crippen molar-refractivity contribution in [2.45, 2.75) is 26.9 Å². The summed E-state index contributed by atoms with van der Waals surface area (Å²) >= 11 is 1.54. The molecule has 1 aromatic heterocycles. The Morgan fingerprint density at radius 3 is 2.39 bits per heavy atom. The van der Waals surface area contributed by atoms with Gasteiger partial charge in [0.05, 0.1) is 18.1 Å². The second-order valence-electron chi connectivity index (χ2n) is 8.13. The largest absolute Gasteiger partial charge is 0.490 e. The Labute approximate surface area is 216 Å². The summed E-state index contributed by atoms with van der Waals surface area (Å²) in [6, 6.07) is 27.8. The molecular weight excluding hydrogens is 468 g/mol. The van der Waals surface area contributed by atoms with Gasteiger partial charge >= 0.3 is 0 Å². The quantitative estimate of drug-likeness (QED) is 0.149. The summed E-state index contributed by atoms with van der Waals surface area (Å²) in [4.78, 5) is 14.6. The smallest absolute Gasteiger partial charge is 0.195 e. The Morgan fingerprint density at radius 2 is 1.58 bits per heavy atom. The predicted molar refractivity (Wildman–Crippen MR) is 146 cm³/mol. The molecule has 0 radical (unpaired) electrons. The Morgan fingerprint density at radius 1 is 0.778 bits per heavy atom. The molecule has 0 spiro atoms. The highest BCUT2D eigenvalue weighted by Gasteiger charge is 2.08. The summed E-state index contributed by atoms with van der Waals surface area (Å²) < 4.78 is 17.3. The molecule has 0 saturated heterocycles. The van der Waals surface area contributed by atoms with Gasteiger partial charge in [0, 0.05) is 11.3 Å². The normalized spacial score (nSPS) is 10.9. The van der Waals surface area contributed by atoms with Crippen LogP contribution in [0.1, 0.15) is 45.1 Å². The van der Waals surface area contributed by atoms with Crippen molar-refractivity contribution in [3.8, 4) is 17.2 Å². The third kappa shape index (κ3) is 7.09. The molecule has 5 heteroatoms. The molecule has 0 fully saturated rings. The van der Waals surface area contributed by atoms with Crippen LogP contribution in [0, 0.1) is 0 Å². The Kier molecular flexibility index (Phi) is 8.95. The molecule has 1 heterocycles. The van der Waals surface area contributed by atoms with Crippen molar-refractivity contribution in [2.75, 3.05) is 13.2 Å². The van der Waals surface area contributed by atoms with Crippen molar-refractivity contribution < 1.29 is 19.0 Å². The summed E-state index contributed by atoms with van der Waals surface area (Å²) in [7, 11) is 0. The molecule has 184 valence electrons. The maximum Gasteiger partial charge on any atom is 0.195 e. The number of ether oxygens (including phenoxy) is 3. The van der Waals surface area contributed by atoms with Gasteiger partial charge in [-0.1, -0.05) is 54.6 Å². The molecule has 0 bridgehead atoms. The second-order valence-corrected chi connectivity index (χ2v) is 9.30. The summed E-state index contributed by atoms with van der Waals surface area (Å²) in [5.41, 5.74) is 3.13. The van der Waals surface area contributed by atoms with Gasteiger partial charge in [0.1, 0.15) is 12.4 Å². The van der Waals surface area contributed by atoms with Gasteiger partial charge in [-0.3, -0.25) is 4.79 Å². The molecular formula is C31H30O4S. The summed E-state index contributed by atoms with van der Waals surface area (Å²) in [6.45, 7) is 5.45. The van der Waals surface area contributed by atoms with Crippen LogP contribution in [0.25, 0.3) is 6.08 Å². The van der Waals surface area contributed by atoms with Gasteiger partial charge in [-0.2, -0.15) is 0 Å². The molecule has 36 heavy (non-hydrogen) atoms. The number of hydrogen-bond acceptors (Lipinski definition) is 5. The van der Waals surface area contributed by atoms with Gasteiger partial charge in [0.15, 0.2) is 17.3 Å². The Bertz CT molecular complexity index is 1310. The number of benzene rings is 3. The minimum Gasteiger partial charge on any atom is -0.490 e. The standard InChI is InChI=1S/C31H30O4S/c1-3-33-29-17-14-25(21-30(29)34-4-2)22-35-26-12-8-11-24(19-26)13-16-28(32)31-18-15-27(36-31)20-23-9-6-5-7-10-23/h5-19,21H,3-4,20,22H2,1-2H3/b16-13+. The molecule has 0 N–H and O–H groups in total. The van der Waals surface area contributed by atoms with Crippen LogP contribution in [0.5, 0.6) is 17.2 Å². The van der Waals surface area contributed by atoms with Crippen LogP contribution in [0.15, 0.2) is 91.0 Å². The van der Waals surface area contributed by atoms with Gasteiger partial charge < -0.3 is 14.2 Å². The Hall–Kier alpha value is -3.83. The molecule has 4 aromatic rings. The van der Waals surface area contributed by atoms with E-state index in [0.717, 1.165) is 39.7 Å². The summed E-state index contributed by atoms with van der Waals surface area (Å²) in [5, 5.41) is 0. The molecule has 0 aliphatic carbocycles. The first-order chi connectivity index (χ1) is 17.6. The van der Waals surface area contributed by atoms with Gasteiger partial charge in [-0.05, 0) is 73.0 Å². The van der Waals surface area contributed by atoms with E-state index in [1.54, 1.807) is 17.4 Å². The monoisotopic (exact) mass is 498 g/mol. The molecule has 0 aliphatic heterocycles. The fraction of sp³-hybridized carbons (Fsp3) is 0.194. The lowest BCUT2D eigenvalue weighted by Gasteiger charge is -2.13. The van der Waals surface area contributed by atoms with E-state index in [9.17, 15) is 4.79 Å². The molecule has 4 nitrogen and oxygen atoms in total. The van der Waals surface area contributed by atoms with Crippen molar-refractivity contribution >= 4 is 23.2 Å². The van der Waals surface area contributed by atoms with E-state index < -0.39 is 0 Å². The van der Waals surface area contributed by atoms with Crippen molar-refractivity contribution in [2.24, 2.45) is 0 Å². The van der Waals surface area contributed by atoms with Crippen LogP contribution in [0.2, 0.25) is 0 Å². The van der Waals surface area contributed by atoms with Crippen molar-refractivity contribution in [3.63, 3.8) is 0 Å². The molecule has 0 saturated carbocycles. The maximum atomic E-state index is 12.7. The number of ketones is 1. The molecule has 3 aromatic carbocycles. The zero-order chi connectivity index (χ0) is 25.2. The van der Waals surface area contributed by atoms with E-state index in [2.05, 4.69) is 12.1 Å². The number of thiophene rings is 1. The minimum absolute atomic E-state index is 0.00322. The lowest BCUT2D eigenvalue weighted by atomic mass is 10.1. The highest BCUT2D eigenvalue weighted by molar-refractivity contribution is 7.14. The summed E-state index contributed by atoms with van der Waals surface area (Å²) in [6.07, 6.45) is 4.29. The zero-order valence-corrected chi connectivity index (χ0v) is 21.4. The SMILES string of the molecule is CCOc1ccc(COc2cccc(/C=C/C(=O)c3ccc(Cc4ccccc4)s3)c2)cc1OCC. The molecule has 0 amide bonds. The number of rotatable bonds is 12. The molecule has 0 unspecified atom stereocenters. The van der Waals surface area contributed by atoms with Gasteiger partial charge in [-0.15, -0.1) is 11.3 Å². The number of carbonyl (C=O) groups excluding carboxylic acids is 1. The Balaban J connectivity index is 1.36. The third-order valence-electron chi connectivity index (χ3n) is 5.42. The average Bonchev–Trinajstić information content (AvgIpc) is 3.37. The van der Waals surface area contributed by atoms with Crippen LogP contribution < -0.4 is 14.2 Å². The first kappa shape index (κ1) is 25.3. The van der Waals surface area contributed by atoms with E-state index >= 15 is 0 Å². The lowest BCUT2D eigenvalue weighted by molar-refractivity contribution is 0.105. The van der Waals surface area contributed by atoms with Gasteiger partial charge in [0.25, 0.3) is 0 Å². The van der Waals surface area contributed by atoms with Crippen molar-refractivity contribution in [1.82, 2.24) is 0 Å². The highest BCUT2D eigenvalue weighted by atomic mass is 32.1. The minimum atomic E-state index is 0.00322. The van der Waals surface area contributed by atoms with Crippen molar-refractivity contribution in [1.29, 1.82) is 0 Å². The van der Waals surface area contributed by atoms with E-state index in [1.165, 1.54) is 10.4 Å². The first-order valence-electron chi connectivity index (χ1n) is 12.1. The lowest BCUT2D eigenvalue weighted by Crippen LogP contribution is -2.01. The van der Waals surface area contributed by atoms with E-state index in [-0.39, 0.29) is 5.78 Å². The van der Waals surface area contributed by atoms with Crippen LogP contribution in [0.4, 0.5) is 0 Å². The van der Waals surface area contributed by atoms with Crippen LogP contribution in [0.3, 0.4) is 0 Å².